The van der Waals surface area contributed by atoms with E-state index in [1.165, 1.54) is 25.7 Å². The van der Waals surface area contributed by atoms with Crippen LogP contribution in [0.25, 0.3) is 16.3 Å². The first kappa shape index (κ1) is 8.52. The topological polar surface area (TPSA) is 0 Å². The molecule has 0 amide bonds. The van der Waals surface area contributed by atoms with Gasteiger partial charge in [0.05, 0.1) is 0 Å². The third-order valence-corrected chi connectivity index (χ3v) is 4.89. The normalized spacial score (nSPS) is 23.3. The summed E-state index contributed by atoms with van der Waals surface area (Å²) in [6.45, 7) is 0. The molecule has 0 aromatic heterocycles. The van der Waals surface area contributed by atoms with Gasteiger partial charge in [-0.1, -0.05) is 30.3 Å². The molecule has 1 atom stereocenters. The second-order valence-electron chi connectivity index (χ2n) is 5.63. The van der Waals surface area contributed by atoms with Crippen molar-refractivity contribution in [3.8, 4) is 0 Å². The van der Waals surface area contributed by atoms with Crippen molar-refractivity contribution in [1.29, 1.82) is 0 Å². The Morgan fingerprint density at radius 3 is 3.00 bits per heavy atom. The van der Waals surface area contributed by atoms with Gasteiger partial charge in [0.1, 0.15) is 0 Å². The standard InChI is InChI=1S/C17H14/c1-3-10-7-8-11-9-15-12-4-2-5-13(12)17(15)14(6-1)16(10)11/h1,3-4,6,9,13H,2,5,7-8H2. The largest absolute Gasteiger partial charge is 0.0801 e. The average molecular weight is 218 g/mol. The molecule has 2 aromatic carbocycles. The van der Waals surface area contributed by atoms with Gasteiger partial charge in [-0.25, -0.2) is 0 Å². The van der Waals surface area contributed by atoms with Crippen LogP contribution in [0.4, 0.5) is 0 Å². The van der Waals surface area contributed by atoms with Crippen LogP contribution in [0.3, 0.4) is 0 Å². The lowest BCUT2D eigenvalue weighted by molar-refractivity contribution is 0.784. The van der Waals surface area contributed by atoms with Gasteiger partial charge in [-0.15, -0.1) is 0 Å². The van der Waals surface area contributed by atoms with Crippen LogP contribution in [0.2, 0.25) is 0 Å². The quantitative estimate of drug-likeness (QED) is 0.621. The van der Waals surface area contributed by atoms with E-state index in [9.17, 15) is 0 Å². The average Bonchev–Trinajstić information content (AvgIpc) is 2.92. The molecule has 5 rings (SSSR count). The molecule has 3 aliphatic carbocycles. The fourth-order valence-electron chi connectivity index (χ4n) is 4.19. The summed E-state index contributed by atoms with van der Waals surface area (Å²) in [5.74, 6) is 0.773. The number of hydrogen-bond acceptors (Lipinski definition) is 0. The van der Waals surface area contributed by atoms with Gasteiger partial charge in [0.25, 0.3) is 0 Å². The fraction of sp³-hybridized carbons (Fsp3) is 0.294. The molecule has 82 valence electrons. The predicted octanol–water partition coefficient (Wildman–Crippen LogP) is 4.21. The molecular weight excluding hydrogens is 204 g/mol. The summed E-state index contributed by atoms with van der Waals surface area (Å²) in [5.41, 5.74) is 8.07. The van der Waals surface area contributed by atoms with Crippen molar-refractivity contribution in [2.45, 2.75) is 31.6 Å². The van der Waals surface area contributed by atoms with Gasteiger partial charge in [0.2, 0.25) is 0 Å². The Hall–Kier alpha value is -1.56. The molecule has 0 radical (unpaired) electrons. The highest BCUT2D eigenvalue weighted by atomic mass is 14.4. The van der Waals surface area contributed by atoms with Gasteiger partial charge in [0.15, 0.2) is 0 Å². The van der Waals surface area contributed by atoms with Gasteiger partial charge < -0.3 is 0 Å². The second-order valence-corrected chi connectivity index (χ2v) is 5.63. The first-order valence-corrected chi connectivity index (χ1v) is 6.71. The molecule has 0 nitrogen and oxygen atoms in total. The fourth-order valence-corrected chi connectivity index (χ4v) is 4.19. The third-order valence-electron chi connectivity index (χ3n) is 4.89. The number of hydrogen-bond donors (Lipinski definition) is 0. The van der Waals surface area contributed by atoms with E-state index in [2.05, 4.69) is 30.3 Å². The number of benzene rings is 2. The van der Waals surface area contributed by atoms with Crippen LogP contribution in [-0.2, 0) is 12.8 Å². The maximum absolute atomic E-state index is 2.49. The van der Waals surface area contributed by atoms with Gasteiger partial charge >= 0.3 is 0 Å². The highest BCUT2D eigenvalue weighted by Gasteiger charge is 2.37. The van der Waals surface area contributed by atoms with Crippen LogP contribution in [0.1, 0.15) is 41.0 Å². The lowest BCUT2D eigenvalue weighted by atomic mass is 9.71. The molecule has 3 aliphatic rings. The molecule has 17 heavy (non-hydrogen) atoms. The zero-order valence-electron chi connectivity index (χ0n) is 9.79. The Morgan fingerprint density at radius 1 is 1.06 bits per heavy atom. The molecule has 0 aliphatic heterocycles. The van der Waals surface area contributed by atoms with Crippen LogP contribution in [0.5, 0.6) is 0 Å². The van der Waals surface area contributed by atoms with Crippen molar-refractivity contribution in [3.63, 3.8) is 0 Å². The summed E-state index contributed by atoms with van der Waals surface area (Å²) in [5, 5.41) is 3.16. The Labute approximate surface area is 101 Å². The minimum atomic E-state index is 0.773. The minimum absolute atomic E-state index is 0.773. The van der Waals surface area contributed by atoms with E-state index in [0.717, 1.165) is 5.92 Å². The lowest BCUT2D eigenvalue weighted by Gasteiger charge is -2.32. The molecule has 2 aromatic rings. The molecule has 1 unspecified atom stereocenters. The van der Waals surface area contributed by atoms with Crippen molar-refractivity contribution in [2.75, 3.05) is 0 Å². The molecular formula is C17H14. The van der Waals surface area contributed by atoms with E-state index in [-0.39, 0.29) is 0 Å². The van der Waals surface area contributed by atoms with Gasteiger partial charge in [-0.3, -0.25) is 0 Å². The number of rotatable bonds is 0. The first-order chi connectivity index (χ1) is 8.43. The zero-order chi connectivity index (χ0) is 11.0. The van der Waals surface area contributed by atoms with Crippen molar-refractivity contribution in [3.05, 3.63) is 52.6 Å². The van der Waals surface area contributed by atoms with Gasteiger partial charge in [-0.2, -0.15) is 0 Å². The highest BCUT2D eigenvalue weighted by Crippen LogP contribution is 2.56. The molecule has 0 heterocycles. The monoisotopic (exact) mass is 218 g/mol. The smallest absolute Gasteiger partial charge is 0.0107 e. The van der Waals surface area contributed by atoms with Crippen molar-refractivity contribution in [2.24, 2.45) is 0 Å². The number of aryl methyl sites for hydroxylation is 2. The maximum Gasteiger partial charge on any atom is 0.0107 e. The Kier molecular flexibility index (Phi) is 1.32. The first-order valence-electron chi connectivity index (χ1n) is 6.71. The van der Waals surface area contributed by atoms with E-state index in [4.69, 9.17) is 0 Å². The van der Waals surface area contributed by atoms with Crippen LogP contribution in [0.15, 0.2) is 30.3 Å². The van der Waals surface area contributed by atoms with E-state index in [1.807, 2.05) is 0 Å². The lowest BCUT2D eigenvalue weighted by Crippen LogP contribution is -2.13. The van der Waals surface area contributed by atoms with Crippen molar-refractivity contribution in [1.82, 2.24) is 0 Å². The Balaban J connectivity index is 1.98. The van der Waals surface area contributed by atoms with Crippen molar-refractivity contribution >= 4 is 16.3 Å². The SMILES string of the molecule is C1=C2c3cc4c5c(cccc5c3C2CC1)CC4. The van der Waals surface area contributed by atoms with E-state index < -0.39 is 0 Å². The number of fused-ring (bicyclic) bond motifs is 5. The summed E-state index contributed by atoms with van der Waals surface area (Å²) in [6.07, 6.45) is 7.59. The Morgan fingerprint density at radius 2 is 2.00 bits per heavy atom. The molecule has 0 saturated carbocycles. The summed E-state index contributed by atoms with van der Waals surface area (Å²) in [4.78, 5) is 0. The van der Waals surface area contributed by atoms with Crippen LogP contribution in [0, 0.1) is 0 Å². The summed E-state index contributed by atoms with van der Waals surface area (Å²) in [7, 11) is 0. The van der Waals surface area contributed by atoms with E-state index in [0.29, 0.717) is 0 Å². The third kappa shape index (κ3) is 0.845. The second kappa shape index (κ2) is 2.64. The number of allylic oxidation sites excluding steroid dienone is 2. The van der Waals surface area contributed by atoms with Crippen LogP contribution in [-0.4, -0.2) is 0 Å². The molecule has 0 N–H and O–H groups in total. The summed E-state index contributed by atoms with van der Waals surface area (Å²) >= 11 is 0. The van der Waals surface area contributed by atoms with Crippen LogP contribution >= 0.6 is 0 Å². The highest BCUT2D eigenvalue weighted by molar-refractivity contribution is 6.03. The molecule has 0 fully saturated rings. The van der Waals surface area contributed by atoms with Crippen molar-refractivity contribution < 1.29 is 0 Å². The van der Waals surface area contributed by atoms with E-state index >= 15 is 0 Å². The molecule has 0 heteroatoms. The van der Waals surface area contributed by atoms with E-state index in [1.54, 1.807) is 38.6 Å². The Bertz CT molecular complexity index is 704. The maximum atomic E-state index is 2.49. The summed E-state index contributed by atoms with van der Waals surface area (Å²) in [6, 6.07) is 9.41. The zero-order valence-corrected chi connectivity index (χ0v) is 9.79. The van der Waals surface area contributed by atoms with Gasteiger partial charge in [-0.05, 0) is 64.3 Å². The minimum Gasteiger partial charge on any atom is -0.0801 e. The predicted molar refractivity (Wildman–Crippen MR) is 71.3 cm³/mol. The molecule has 0 saturated heterocycles. The molecule has 0 spiro atoms. The molecule has 0 bridgehead atoms. The summed E-state index contributed by atoms with van der Waals surface area (Å²) < 4.78 is 0. The van der Waals surface area contributed by atoms with Gasteiger partial charge in [0, 0.05) is 5.92 Å². The van der Waals surface area contributed by atoms with Crippen LogP contribution < -0.4 is 0 Å².